The van der Waals surface area contributed by atoms with Crippen molar-refractivity contribution in [3.8, 4) is 11.5 Å². The Labute approximate surface area is 112 Å². The zero-order chi connectivity index (χ0) is 12.8. The highest BCUT2D eigenvalue weighted by atomic mass is 35.5. The number of carbonyl (C=O) groups is 1. The summed E-state index contributed by atoms with van der Waals surface area (Å²) in [6, 6.07) is 4.18. The van der Waals surface area contributed by atoms with Crippen LogP contribution in [0.2, 0.25) is 0 Å². The Morgan fingerprint density at radius 3 is 2.72 bits per heavy atom. The highest BCUT2D eigenvalue weighted by molar-refractivity contribution is 5.85. The van der Waals surface area contributed by atoms with Gasteiger partial charge in [0, 0.05) is 6.04 Å². The maximum Gasteiger partial charge on any atom is 0.307 e. The minimum Gasteiger partial charge on any atom is -0.507 e. The van der Waals surface area contributed by atoms with E-state index < -0.39 is 12.0 Å². The average Bonchev–Trinajstić information content (AvgIpc) is 2.28. The molecule has 0 spiro atoms. The van der Waals surface area contributed by atoms with Gasteiger partial charge in [-0.15, -0.1) is 12.4 Å². The van der Waals surface area contributed by atoms with Gasteiger partial charge in [-0.2, -0.15) is 0 Å². The number of benzene rings is 1. The van der Waals surface area contributed by atoms with Crippen LogP contribution in [0, 0.1) is 0 Å². The summed E-state index contributed by atoms with van der Waals surface area (Å²) in [6.07, 6.45) is 0.00176. The van der Waals surface area contributed by atoms with Crippen molar-refractivity contribution in [2.45, 2.75) is 19.4 Å². The van der Waals surface area contributed by atoms with Crippen LogP contribution in [-0.2, 0) is 9.53 Å². The molecule has 3 N–H and O–H groups in total. The van der Waals surface area contributed by atoms with E-state index in [0.29, 0.717) is 17.9 Å². The molecule has 0 radical (unpaired) electrons. The largest absolute Gasteiger partial charge is 0.507 e. The Kier molecular flexibility index (Phi) is 7.16. The molecule has 0 aliphatic carbocycles. The van der Waals surface area contributed by atoms with Crippen LogP contribution in [0.15, 0.2) is 18.2 Å². The number of phenols is 1. The van der Waals surface area contributed by atoms with Gasteiger partial charge < -0.3 is 20.3 Å². The molecule has 0 aliphatic rings. The first-order valence-corrected chi connectivity index (χ1v) is 5.37. The van der Waals surface area contributed by atoms with Crippen LogP contribution in [0.25, 0.3) is 0 Å². The number of rotatable bonds is 5. The molecular formula is C12H18ClNO4. The van der Waals surface area contributed by atoms with Crippen molar-refractivity contribution in [3.63, 3.8) is 0 Å². The minimum atomic E-state index is -0.648. The van der Waals surface area contributed by atoms with Gasteiger partial charge in [-0.05, 0) is 19.1 Å². The first-order valence-electron chi connectivity index (χ1n) is 5.37. The highest BCUT2D eigenvalue weighted by Gasteiger charge is 2.19. The average molecular weight is 276 g/mol. The highest BCUT2D eigenvalue weighted by Crippen LogP contribution is 2.33. The first kappa shape index (κ1) is 16.5. The molecule has 5 nitrogen and oxygen atoms in total. The van der Waals surface area contributed by atoms with Crippen molar-refractivity contribution in [1.82, 2.24) is 0 Å². The number of carbonyl (C=O) groups excluding carboxylic acids is 1. The van der Waals surface area contributed by atoms with Gasteiger partial charge in [0.15, 0.2) is 0 Å². The Hall–Kier alpha value is -1.46. The number of nitrogens with two attached hydrogens (primary N) is 1. The van der Waals surface area contributed by atoms with Crippen molar-refractivity contribution in [3.05, 3.63) is 23.8 Å². The molecule has 0 aromatic heterocycles. The molecule has 1 aromatic rings. The molecule has 0 saturated carbocycles. The standard InChI is InChI=1S/C12H17NO4.ClH/c1-3-17-11(15)7-8(13)12-9(14)5-4-6-10(12)16-2;/h4-6,8,14H,3,7,13H2,1-2H3;1H/t8-;/m1./s1. The number of hydrogen-bond donors (Lipinski definition) is 2. The van der Waals surface area contributed by atoms with E-state index >= 15 is 0 Å². The fourth-order valence-electron chi connectivity index (χ4n) is 1.58. The van der Waals surface area contributed by atoms with Crippen LogP contribution >= 0.6 is 12.4 Å². The van der Waals surface area contributed by atoms with Crippen LogP contribution in [0.5, 0.6) is 11.5 Å². The lowest BCUT2D eigenvalue weighted by Crippen LogP contribution is -2.18. The zero-order valence-electron chi connectivity index (χ0n) is 10.4. The number of halogens is 1. The molecule has 102 valence electrons. The fourth-order valence-corrected chi connectivity index (χ4v) is 1.58. The summed E-state index contributed by atoms with van der Waals surface area (Å²) in [7, 11) is 1.48. The minimum absolute atomic E-state index is 0. The normalized spacial score (nSPS) is 11.3. The van der Waals surface area contributed by atoms with E-state index in [0.717, 1.165) is 0 Å². The van der Waals surface area contributed by atoms with Gasteiger partial charge in [0.05, 0.1) is 25.7 Å². The summed E-state index contributed by atoms with van der Waals surface area (Å²) in [5.74, 6) is 0.0771. The van der Waals surface area contributed by atoms with Crippen molar-refractivity contribution < 1.29 is 19.4 Å². The Bertz CT molecular complexity index is 398. The third-order valence-corrected chi connectivity index (χ3v) is 2.33. The topological polar surface area (TPSA) is 81.8 Å². The zero-order valence-corrected chi connectivity index (χ0v) is 11.2. The van der Waals surface area contributed by atoms with Gasteiger partial charge >= 0.3 is 5.97 Å². The van der Waals surface area contributed by atoms with E-state index in [2.05, 4.69) is 0 Å². The van der Waals surface area contributed by atoms with E-state index in [9.17, 15) is 9.90 Å². The predicted octanol–water partition coefficient (Wildman–Crippen LogP) is 1.78. The summed E-state index contributed by atoms with van der Waals surface area (Å²) in [4.78, 5) is 11.3. The van der Waals surface area contributed by atoms with E-state index in [-0.39, 0.29) is 24.6 Å². The van der Waals surface area contributed by atoms with Crippen molar-refractivity contribution >= 4 is 18.4 Å². The van der Waals surface area contributed by atoms with Gasteiger partial charge in [0.2, 0.25) is 0 Å². The monoisotopic (exact) mass is 275 g/mol. The molecule has 0 bridgehead atoms. The number of ether oxygens (including phenoxy) is 2. The number of esters is 1. The SMILES string of the molecule is CCOC(=O)C[C@@H](N)c1c(O)cccc1OC.Cl. The van der Waals surface area contributed by atoms with Gasteiger partial charge in [0.1, 0.15) is 11.5 Å². The number of phenolic OH excluding ortho intramolecular Hbond substituents is 1. The van der Waals surface area contributed by atoms with Crippen LogP contribution in [0.1, 0.15) is 24.9 Å². The molecule has 0 saturated heterocycles. The molecule has 1 aromatic carbocycles. The number of aromatic hydroxyl groups is 1. The van der Waals surface area contributed by atoms with Crippen molar-refractivity contribution in [2.24, 2.45) is 5.73 Å². The maximum atomic E-state index is 11.3. The van der Waals surface area contributed by atoms with Crippen molar-refractivity contribution in [1.29, 1.82) is 0 Å². The van der Waals surface area contributed by atoms with Crippen LogP contribution < -0.4 is 10.5 Å². The van der Waals surface area contributed by atoms with Crippen LogP contribution in [0.4, 0.5) is 0 Å². The fraction of sp³-hybridized carbons (Fsp3) is 0.417. The third-order valence-electron chi connectivity index (χ3n) is 2.33. The third kappa shape index (κ3) is 4.09. The predicted molar refractivity (Wildman–Crippen MR) is 70.1 cm³/mol. The maximum absolute atomic E-state index is 11.3. The smallest absolute Gasteiger partial charge is 0.307 e. The Morgan fingerprint density at radius 2 is 2.17 bits per heavy atom. The van der Waals surface area contributed by atoms with Crippen LogP contribution in [-0.4, -0.2) is 24.8 Å². The second-order valence-electron chi connectivity index (χ2n) is 3.51. The quantitative estimate of drug-likeness (QED) is 0.801. The Morgan fingerprint density at radius 1 is 1.50 bits per heavy atom. The molecule has 0 fully saturated rings. The molecule has 0 heterocycles. The van der Waals surface area contributed by atoms with Gasteiger partial charge in [0.25, 0.3) is 0 Å². The molecular weight excluding hydrogens is 258 g/mol. The van der Waals surface area contributed by atoms with Crippen LogP contribution in [0.3, 0.4) is 0 Å². The lowest BCUT2D eigenvalue weighted by molar-refractivity contribution is -0.143. The number of hydrogen-bond acceptors (Lipinski definition) is 5. The van der Waals surface area contributed by atoms with E-state index in [1.165, 1.54) is 13.2 Å². The van der Waals surface area contributed by atoms with Gasteiger partial charge in [-0.25, -0.2) is 0 Å². The molecule has 1 rings (SSSR count). The molecule has 0 amide bonds. The van der Waals surface area contributed by atoms with Crippen molar-refractivity contribution in [2.75, 3.05) is 13.7 Å². The molecule has 18 heavy (non-hydrogen) atoms. The summed E-state index contributed by atoms with van der Waals surface area (Å²) < 4.78 is 9.90. The van der Waals surface area contributed by atoms with E-state index in [1.54, 1.807) is 19.1 Å². The lowest BCUT2D eigenvalue weighted by atomic mass is 10.0. The van der Waals surface area contributed by atoms with Gasteiger partial charge in [-0.3, -0.25) is 4.79 Å². The summed E-state index contributed by atoms with van der Waals surface area (Å²) in [5.41, 5.74) is 6.28. The van der Waals surface area contributed by atoms with E-state index in [4.69, 9.17) is 15.2 Å². The summed E-state index contributed by atoms with van der Waals surface area (Å²) >= 11 is 0. The second kappa shape index (κ2) is 7.79. The molecule has 0 unspecified atom stereocenters. The summed E-state index contributed by atoms with van der Waals surface area (Å²) in [5, 5.41) is 9.72. The van der Waals surface area contributed by atoms with E-state index in [1.807, 2.05) is 0 Å². The molecule has 1 atom stereocenters. The lowest BCUT2D eigenvalue weighted by Gasteiger charge is -2.16. The molecule has 6 heteroatoms. The second-order valence-corrected chi connectivity index (χ2v) is 3.51. The van der Waals surface area contributed by atoms with Gasteiger partial charge in [-0.1, -0.05) is 6.07 Å². The first-order chi connectivity index (χ1) is 8.10. The summed E-state index contributed by atoms with van der Waals surface area (Å²) in [6.45, 7) is 2.04. The Balaban J connectivity index is 0.00000289. The molecule has 0 aliphatic heterocycles. The number of methoxy groups -OCH3 is 1.